The largest absolute Gasteiger partial charge is 0.481 e. The number of hydrogen-bond acceptors (Lipinski definition) is 3. The van der Waals surface area contributed by atoms with Gasteiger partial charge in [0.25, 0.3) is 0 Å². The molecule has 3 nitrogen and oxygen atoms in total. The average Bonchev–Trinajstić information content (AvgIpc) is 3.97. The Kier molecular flexibility index (Phi) is 16.4. The molecule has 0 bridgehead atoms. The van der Waals surface area contributed by atoms with E-state index < -0.39 is 0 Å². The van der Waals surface area contributed by atoms with E-state index in [0.717, 1.165) is 51.0 Å². The number of unbranched alkanes of at least 4 members (excludes halogenated alkanes) is 3. The second-order valence-corrected chi connectivity index (χ2v) is 19.4. The maximum Gasteiger partial charge on any atom is 0.141 e. The molecule has 12 aromatic rings. The Morgan fingerprint density at radius 2 is 0.921 bits per heavy atom. The van der Waals surface area contributed by atoms with Crippen molar-refractivity contribution in [3.8, 4) is 78.5 Å². The van der Waals surface area contributed by atoms with Gasteiger partial charge in [-0.3, -0.25) is 9.97 Å². The van der Waals surface area contributed by atoms with Crippen molar-refractivity contribution in [2.75, 3.05) is 0 Å². The zero-order valence-electron chi connectivity index (χ0n) is 43.0. The number of nitrogens with zero attached hydrogens (tertiary/aromatic N) is 2. The first kappa shape index (κ1) is 51.2. The number of para-hydroxylation sites is 2. The van der Waals surface area contributed by atoms with Crippen LogP contribution >= 0.6 is 0 Å². The number of aryl methyl sites for hydroxylation is 4. The minimum absolute atomic E-state index is 0. The number of hydrogen-bond donors (Lipinski definition) is 0. The van der Waals surface area contributed by atoms with Gasteiger partial charge in [0.05, 0.1) is 11.2 Å². The van der Waals surface area contributed by atoms with Crippen molar-refractivity contribution >= 4 is 21.9 Å². The Labute approximate surface area is 461 Å². The van der Waals surface area contributed by atoms with Crippen molar-refractivity contribution < 1.29 is 24.5 Å². The van der Waals surface area contributed by atoms with Gasteiger partial charge in [-0.25, -0.2) is 0 Å². The quantitative estimate of drug-likeness (QED) is 0.0805. The fourth-order valence-corrected chi connectivity index (χ4v) is 10.3. The van der Waals surface area contributed by atoms with Gasteiger partial charge in [0.1, 0.15) is 11.5 Å². The SMILES string of the molecule is Cc1cccc(C)c1-c1nc(-c2[c-]ccc(-c3cccc(CCCCCCc4ccccc4)c3)c2)cc2c(-c3ccccc3)cc(-c3ccccc3)cc12.[Ir].[c-]1ccc(-c2ccccc2)cc1-c1nc2ccccc2o1. The van der Waals surface area contributed by atoms with Crippen LogP contribution in [0.2, 0.25) is 0 Å². The van der Waals surface area contributed by atoms with Crippen LogP contribution in [-0.2, 0) is 32.9 Å². The number of oxazole rings is 1. The Morgan fingerprint density at radius 3 is 1.61 bits per heavy atom. The first-order valence-electron chi connectivity index (χ1n) is 26.3. The summed E-state index contributed by atoms with van der Waals surface area (Å²) >= 11 is 0. The van der Waals surface area contributed by atoms with Gasteiger partial charge in [0.2, 0.25) is 0 Å². The number of fused-ring (bicyclic) bond motifs is 2. The van der Waals surface area contributed by atoms with Crippen LogP contribution in [0.3, 0.4) is 0 Å². The second-order valence-electron chi connectivity index (χ2n) is 19.4. The first-order valence-corrected chi connectivity index (χ1v) is 26.3. The number of pyridine rings is 1. The summed E-state index contributed by atoms with van der Waals surface area (Å²) in [6.45, 7) is 4.40. The van der Waals surface area contributed by atoms with Crippen LogP contribution in [0, 0.1) is 26.0 Å². The number of rotatable bonds is 14. The molecule has 0 N–H and O–H groups in total. The minimum atomic E-state index is 0. The molecule has 373 valence electrons. The van der Waals surface area contributed by atoms with Crippen molar-refractivity contribution in [3.05, 3.63) is 277 Å². The molecule has 0 unspecified atom stereocenters. The first-order chi connectivity index (χ1) is 37.0. The molecule has 0 aliphatic heterocycles. The predicted molar refractivity (Wildman–Crippen MR) is 313 cm³/mol. The van der Waals surface area contributed by atoms with E-state index in [9.17, 15) is 0 Å². The zero-order valence-corrected chi connectivity index (χ0v) is 45.4. The molecule has 0 aliphatic rings. The van der Waals surface area contributed by atoms with Crippen LogP contribution in [0.1, 0.15) is 47.9 Å². The van der Waals surface area contributed by atoms with Crippen LogP contribution in [0.5, 0.6) is 0 Å². The molecule has 10 aromatic carbocycles. The van der Waals surface area contributed by atoms with Gasteiger partial charge in [-0.2, -0.15) is 0 Å². The zero-order chi connectivity index (χ0) is 50.8. The molecule has 0 saturated heterocycles. The summed E-state index contributed by atoms with van der Waals surface area (Å²) in [5.41, 5.74) is 21.4. The van der Waals surface area contributed by atoms with E-state index in [4.69, 9.17) is 9.40 Å². The molecule has 76 heavy (non-hydrogen) atoms. The van der Waals surface area contributed by atoms with E-state index in [0.29, 0.717) is 5.89 Å². The van der Waals surface area contributed by atoms with E-state index in [1.807, 2.05) is 54.6 Å². The van der Waals surface area contributed by atoms with Crippen LogP contribution < -0.4 is 0 Å². The third kappa shape index (κ3) is 12.0. The van der Waals surface area contributed by atoms with Gasteiger partial charge in [-0.15, -0.1) is 65.2 Å². The van der Waals surface area contributed by atoms with Crippen molar-refractivity contribution in [3.63, 3.8) is 0 Å². The maximum atomic E-state index is 5.80. The van der Waals surface area contributed by atoms with Gasteiger partial charge in [-0.1, -0.05) is 200 Å². The Morgan fingerprint density at radius 1 is 0.395 bits per heavy atom. The second kappa shape index (κ2) is 24.4. The Bertz CT molecular complexity index is 3800. The molecule has 0 atom stereocenters. The molecule has 2 heterocycles. The molecule has 0 spiro atoms. The predicted octanol–water partition coefficient (Wildman–Crippen LogP) is 19.3. The van der Waals surface area contributed by atoms with Crippen molar-refractivity contribution in [1.29, 1.82) is 0 Å². The van der Waals surface area contributed by atoms with Gasteiger partial charge in [0, 0.05) is 31.1 Å². The summed E-state index contributed by atoms with van der Waals surface area (Å²) in [5, 5.41) is 2.34. The minimum Gasteiger partial charge on any atom is -0.481 e. The van der Waals surface area contributed by atoms with Gasteiger partial charge in [-0.05, 0) is 131 Å². The molecule has 0 saturated carbocycles. The molecule has 2 aromatic heterocycles. The van der Waals surface area contributed by atoms with E-state index in [-0.39, 0.29) is 20.1 Å². The normalized spacial score (nSPS) is 11.0. The summed E-state index contributed by atoms with van der Waals surface area (Å²) in [6.07, 6.45) is 7.27. The van der Waals surface area contributed by atoms with Gasteiger partial charge >= 0.3 is 0 Å². The summed E-state index contributed by atoms with van der Waals surface area (Å²) < 4.78 is 5.80. The summed E-state index contributed by atoms with van der Waals surface area (Å²) in [5.74, 6) is 0.606. The van der Waals surface area contributed by atoms with E-state index in [1.54, 1.807) is 0 Å². The number of aromatic nitrogens is 2. The van der Waals surface area contributed by atoms with Crippen molar-refractivity contribution in [2.45, 2.75) is 52.4 Å². The molecular formula is C72H58IrN2O-2. The molecule has 0 amide bonds. The van der Waals surface area contributed by atoms with Crippen LogP contribution in [-0.4, -0.2) is 9.97 Å². The van der Waals surface area contributed by atoms with E-state index in [2.05, 4.69) is 219 Å². The standard InChI is InChI=1S/C53H46N.C19H12NO.Ir/c1-38-19-16-20-39(2)52(38)53-50-36-47(42-26-12-6-13-27-42)35-48(43-28-14-7-15-29-43)49(50)37-51(54-53)46-32-18-31-45(34-46)44-30-17-25-41(33-44)24-9-4-3-8-21-40-22-10-5-11-23-40;1-2-7-14(8-3-1)15-9-6-10-16(13-15)19-20-17-11-4-5-12-18(17)21-19;/h5-7,10-20,22-23,25-31,33-37H,3-4,8-9,21,24H2,1-2H3;1-9,11-13H;/q2*-1;. The molecular weight excluding hydrogens is 1100 g/mol. The third-order valence-electron chi connectivity index (χ3n) is 14.2. The maximum absolute atomic E-state index is 5.80. The Hall–Kier alpha value is -8.27. The summed E-state index contributed by atoms with van der Waals surface area (Å²) in [7, 11) is 0. The monoisotopic (exact) mass is 1160 g/mol. The van der Waals surface area contributed by atoms with E-state index >= 15 is 0 Å². The fourth-order valence-electron chi connectivity index (χ4n) is 10.3. The number of benzene rings is 10. The van der Waals surface area contributed by atoms with Gasteiger partial charge in [0.15, 0.2) is 0 Å². The summed E-state index contributed by atoms with van der Waals surface area (Å²) in [6, 6.07) is 92.3. The third-order valence-corrected chi connectivity index (χ3v) is 14.2. The Balaban J connectivity index is 0.000000248. The molecule has 0 aliphatic carbocycles. The smallest absolute Gasteiger partial charge is 0.141 e. The molecule has 4 heteroatoms. The average molecular weight is 1160 g/mol. The fraction of sp³-hybridized carbons (Fsp3) is 0.111. The molecule has 12 rings (SSSR count). The van der Waals surface area contributed by atoms with Crippen LogP contribution in [0.4, 0.5) is 0 Å². The topological polar surface area (TPSA) is 38.9 Å². The van der Waals surface area contributed by atoms with Crippen molar-refractivity contribution in [1.82, 2.24) is 9.97 Å². The van der Waals surface area contributed by atoms with Gasteiger partial charge < -0.3 is 4.42 Å². The molecule has 0 fully saturated rings. The van der Waals surface area contributed by atoms with E-state index in [1.165, 1.54) is 104 Å². The van der Waals surface area contributed by atoms with Crippen LogP contribution in [0.15, 0.2) is 247 Å². The summed E-state index contributed by atoms with van der Waals surface area (Å²) in [4.78, 5) is 10.1. The van der Waals surface area contributed by atoms with Crippen molar-refractivity contribution in [2.24, 2.45) is 0 Å². The molecule has 1 radical (unpaired) electrons. The van der Waals surface area contributed by atoms with Crippen LogP contribution in [0.25, 0.3) is 100 Å².